The van der Waals surface area contributed by atoms with Crippen molar-refractivity contribution in [2.24, 2.45) is 0 Å². The minimum atomic E-state index is -0.457. The number of aromatic hydroxyl groups is 1. The highest BCUT2D eigenvalue weighted by Crippen LogP contribution is 2.32. The Morgan fingerprint density at radius 2 is 1.91 bits per heavy atom. The molecular weight excluding hydrogens is 303 g/mol. The number of carbonyl (C=O) groups excluding carboxylic acids is 1. The first kappa shape index (κ1) is 14.5. The van der Waals surface area contributed by atoms with Gasteiger partial charge in [0.2, 0.25) is 0 Å². The first-order valence-electron chi connectivity index (χ1n) is 6.62. The Bertz CT molecular complexity index is 748. The first-order chi connectivity index (χ1) is 10.6. The zero-order chi connectivity index (χ0) is 15.5. The Hall–Kier alpha value is -2.47. The SMILES string of the molecule is O=C1NC(Nc2ccccc2F)S/C1=C\c1ccccc1O. The van der Waals surface area contributed by atoms with Gasteiger partial charge in [0.1, 0.15) is 11.6 Å². The number of hydrogen-bond acceptors (Lipinski definition) is 4. The van der Waals surface area contributed by atoms with Crippen molar-refractivity contribution in [3.63, 3.8) is 0 Å². The third kappa shape index (κ3) is 3.07. The topological polar surface area (TPSA) is 61.4 Å². The lowest BCUT2D eigenvalue weighted by Gasteiger charge is -2.12. The number of benzene rings is 2. The molecule has 0 radical (unpaired) electrons. The minimum absolute atomic E-state index is 0.105. The van der Waals surface area contributed by atoms with Crippen LogP contribution in [0, 0.1) is 5.82 Å². The van der Waals surface area contributed by atoms with E-state index in [1.54, 1.807) is 48.5 Å². The van der Waals surface area contributed by atoms with E-state index in [0.29, 0.717) is 16.2 Å². The van der Waals surface area contributed by atoms with Gasteiger partial charge in [-0.1, -0.05) is 42.1 Å². The van der Waals surface area contributed by atoms with Gasteiger partial charge in [-0.05, 0) is 24.3 Å². The Morgan fingerprint density at radius 1 is 1.18 bits per heavy atom. The molecule has 2 aromatic carbocycles. The van der Waals surface area contributed by atoms with Crippen LogP contribution in [0.5, 0.6) is 5.75 Å². The summed E-state index contributed by atoms with van der Waals surface area (Å²) in [5.74, 6) is -0.536. The van der Waals surface area contributed by atoms with E-state index in [0.717, 1.165) is 0 Å². The van der Waals surface area contributed by atoms with Crippen LogP contribution in [0.15, 0.2) is 53.4 Å². The molecule has 1 fully saturated rings. The number of phenols is 1. The van der Waals surface area contributed by atoms with Crippen LogP contribution >= 0.6 is 11.8 Å². The monoisotopic (exact) mass is 316 g/mol. The molecule has 2 aromatic rings. The summed E-state index contributed by atoms with van der Waals surface area (Å²) in [7, 11) is 0. The van der Waals surface area contributed by atoms with Gasteiger partial charge in [-0.25, -0.2) is 4.39 Å². The summed E-state index contributed by atoms with van der Waals surface area (Å²) < 4.78 is 13.6. The molecule has 0 bridgehead atoms. The summed E-state index contributed by atoms with van der Waals surface area (Å²) in [6, 6.07) is 13.0. The summed E-state index contributed by atoms with van der Waals surface area (Å²) in [5.41, 5.74) is 0.428. The van der Waals surface area contributed by atoms with Gasteiger partial charge >= 0.3 is 0 Å². The molecular formula is C16H13FN2O2S. The van der Waals surface area contributed by atoms with Gasteiger partial charge in [0.25, 0.3) is 5.91 Å². The molecule has 0 spiro atoms. The van der Waals surface area contributed by atoms with Crippen LogP contribution in [0.3, 0.4) is 0 Å². The number of amides is 1. The number of anilines is 1. The molecule has 0 aliphatic carbocycles. The van der Waals surface area contributed by atoms with Crippen molar-refractivity contribution < 1.29 is 14.3 Å². The van der Waals surface area contributed by atoms with Crippen molar-refractivity contribution in [3.05, 3.63) is 64.8 Å². The third-order valence-corrected chi connectivity index (χ3v) is 4.14. The highest BCUT2D eigenvalue weighted by Gasteiger charge is 2.27. The van der Waals surface area contributed by atoms with E-state index >= 15 is 0 Å². The van der Waals surface area contributed by atoms with Gasteiger partial charge < -0.3 is 15.7 Å². The van der Waals surface area contributed by atoms with E-state index < -0.39 is 5.50 Å². The lowest BCUT2D eigenvalue weighted by Crippen LogP contribution is -2.31. The quantitative estimate of drug-likeness (QED) is 0.761. The van der Waals surface area contributed by atoms with E-state index in [1.807, 2.05) is 0 Å². The first-order valence-corrected chi connectivity index (χ1v) is 7.50. The van der Waals surface area contributed by atoms with Crippen LogP contribution in [0.1, 0.15) is 5.56 Å². The molecule has 4 nitrogen and oxygen atoms in total. The maximum atomic E-state index is 13.6. The van der Waals surface area contributed by atoms with Gasteiger partial charge in [0.15, 0.2) is 5.50 Å². The van der Waals surface area contributed by atoms with E-state index in [4.69, 9.17) is 0 Å². The number of hydrogen-bond donors (Lipinski definition) is 3. The summed E-state index contributed by atoms with van der Waals surface area (Å²) in [5, 5.41) is 15.4. The van der Waals surface area contributed by atoms with Crippen molar-refractivity contribution in [3.8, 4) is 5.75 Å². The van der Waals surface area contributed by atoms with Gasteiger partial charge in [-0.3, -0.25) is 4.79 Å². The van der Waals surface area contributed by atoms with Crippen LogP contribution in [-0.4, -0.2) is 16.5 Å². The lowest BCUT2D eigenvalue weighted by atomic mass is 10.2. The number of rotatable bonds is 3. The number of para-hydroxylation sites is 2. The van der Waals surface area contributed by atoms with Crippen LogP contribution < -0.4 is 10.6 Å². The Balaban J connectivity index is 1.76. The van der Waals surface area contributed by atoms with E-state index in [2.05, 4.69) is 10.6 Å². The molecule has 1 saturated heterocycles. The number of nitrogens with one attached hydrogen (secondary N) is 2. The minimum Gasteiger partial charge on any atom is -0.507 e. The van der Waals surface area contributed by atoms with Crippen molar-refractivity contribution >= 4 is 29.4 Å². The molecule has 1 heterocycles. The highest BCUT2D eigenvalue weighted by molar-refractivity contribution is 8.05. The van der Waals surface area contributed by atoms with E-state index in [-0.39, 0.29) is 17.5 Å². The van der Waals surface area contributed by atoms with Crippen molar-refractivity contribution in [2.75, 3.05) is 5.32 Å². The number of phenolic OH excluding ortho intramolecular Hbond substituents is 1. The zero-order valence-electron chi connectivity index (χ0n) is 11.4. The fourth-order valence-corrected chi connectivity index (χ4v) is 3.00. The number of halogens is 1. The maximum Gasteiger partial charge on any atom is 0.260 e. The summed E-state index contributed by atoms with van der Waals surface area (Å²) in [6.07, 6.45) is 1.61. The summed E-state index contributed by atoms with van der Waals surface area (Å²) in [4.78, 5) is 12.4. The normalized spacial score (nSPS) is 19.2. The van der Waals surface area contributed by atoms with Crippen LogP contribution in [0.4, 0.5) is 10.1 Å². The standard InChI is InChI=1S/C16H13FN2O2S/c17-11-6-2-3-7-12(11)18-16-19-15(21)14(22-16)9-10-5-1-4-8-13(10)20/h1-9,16,18,20H,(H,19,21)/b14-9-. The Kier molecular flexibility index (Phi) is 4.02. The molecule has 3 N–H and O–H groups in total. The fourth-order valence-electron chi connectivity index (χ4n) is 2.04. The van der Waals surface area contributed by atoms with Gasteiger partial charge in [-0.2, -0.15) is 0 Å². The van der Waals surface area contributed by atoms with Crippen LogP contribution in [0.2, 0.25) is 0 Å². The molecule has 112 valence electrons. The summed E-state index contributed by atoms with van der Waals surface area (Å²) >= 11 is 1.24. The Morgan fingerprint density at radius 3 is 2.68 bits per heavy atom. The average Bonchev–Trinajstić information content (AvgIpc) is 2.84. The van der Waals surface area contributed by atoms with E-state index in [1.165, 1.54) is 17.8 Å². The summed E-state index contributed by atoms with van der Waals surface area (Å²) in [6.45, 7) is 0. The second kappa shape index (κ2) is 6.11. The van der Waals surface area contributed by atoms with Gasteiger partial charge in [0, 0.05) is 5.56 Å². The second-order valence-corrected chi connectivity index (χ2v) is 5.81. The van der Waals surface area contributed by atoms with Gasteiger partial charge in [-0.15, -0.1) is 0 Å². The zero-order valence-corrected chi connectivity index (χ0v) is 12.2. The molecule has 1 atom stereocenters. The lowest BCUT2D eigenvalue weighted by molar-refractivity contribution is -0.116. The predicted molar refractivity (Wildman–Crippen MR) is 85.6 cm³/mol. The molecule has 6 heteroatoms. The molecule has 1 unspecified atom stereocenters. The fraction of sp³-hybridized carbons (Fsp3) is 0.0625. The third-order valence-electron chi connectivity index (χ3n) is 3.11. The molecule has 22 heavy (non-hydrogen) atoms. The average molecular weight is 316 g/mol. The maximum absolute atomic E-state index is 13.6. The smallest absolute Gasteiger partial charge is 0.260 e. The second-order valence-electron chi connectivity index (χ2n) is 4.66. The molecule has 0 aromatic heterocycles. The number of thioether (sulfide) groups is 1. The molecule has 1 aliphatic rings. The van der Waals surface area contributed by atoms with Crippen LogP contribution in [0.25, 0.3) is 6.08 Å². The van der Waals surface area contributed by atoms with Crippen molar-refractivity contribution in [1.82, 2.24) is 5.32 Å². The number of carbonyl (C=O) groups is 1. The molecule has 1 amide bonds. The predicted octanol–water partition coefficient (Wildman–Crippen LogP) is 3.13. The molecule has 1 aliphatic heterocycles. The van der Waals surface area contributed by atoms with E-state index in [9.17, 15) is 14.3 Å². The molecule has 0 saturated carbocycles. The van der Waals surface area contributed by atoms with Gasteiger partial charge in [0.05, 0.1) is 10.6 Å². The highest BCUT2D eigenvalue weighted by atomic mass is 32.2. The van der Waals surface area contributed by atoms with Crippen molar-refractivity contribution in [2.45, 2.75) is 5.50 Å². The Labute approximate surface area is 131 Å². The molecule has 3 rings (SSSR count). The van der Waals surface area contributed by atoms with Crippen LogP contribution in [-0.2, 0) is 4.79 Å². The largest absolute Gasteiger partial charge is 0.507 e. The van der Waals surface area contributed by atoms with Crippen molar-refractivity contribution in [1.29, 1.82) is 0 Å².